The molecule has 4 fully saturated rings. The number of rotatable bonds is 4. The third-order valence-corrected chi connectivity index (χ3v) is 11.0. The van der Waals surface area contributed by atoms with Crippen LogP contribution in [0.2, 0.25) is 0 Å². The predicted octanol–water partition coefficient (Wildman–Crippen LogP) is 7.37. The Labute approximate surface area is 247 Å². The zero-order valence-corrected chi connectivity index (χ0v) is 23.7. The monoisotopic (exact) mass is 574 g/mol. The minimum atomic E-state index is -3.09. The van der Waals surface area contributed by atoms with Crippen molar-refractivity contribution in [2.24, 2.45) is 11.3 Å². The van der Waals surface area contributed by atoms with Crippen LogP contribution in [0.5, 0.6) is 0 Å². The Hall–Kier alpha value is -3.88. The quantitative estimate of drug-likeness (QED) is 0.181. The molecule has 2 saturated carbocycles. The van der Waals surface area contributed by atoms with E-state index < -0.39 is 5.92 Å². The number of halogens is 2. The molecular formula is C35H32F2N6. The van der Waals surface area contributed by atoms with Gasteiger partial charge in [0.05, 0.1) is 35.0 Å². The number of aromatic amines is 2. The molecule has 2 bridgehead atoms. The second-order valence-corrected chi connectivity index (χ2v) is 13.7. The highest BCUT2D eigenvalue weighted by molar-refractivity contribution is 5.86. The first kappa shape index (κ1) is 24.6. The summed E-state index contributed by atoms with van der Waals surface area (Å²) in [5.74, 6) is -0.571. The van der Waals surface area contributed by atoms with Crippen molar-refractivity contribution in [3.63, 3.8) is 0 Å². The highest BCUT2D eigenvalue weighted by atomic mass is 19.3. The van der Waals surface area contributed by atoms with Gasteiger partial charge in [0.25, 0.3) is 5.92 Å². The van der Waals surface area contributed by atoms with Crippen molar-refractivity contribution in [2.45, 2.75) is 62.6 Å². The molecule has 4 heterocycles. The minimum absolute atomic E-state index is 0.0521. The van der Waals surface area contributed by atoms with Gasteiger partial charge < -0.3 is 20.6 Å². The van der Waals surface area contributed by atoms with E-state index in [0.717, 1.165) is 58.0 Å². The van der Waals surface area contributed by atoms with E-state index in [1.807, 2.05) is 42.5 Å². The molecule has 4 atom stereocenters. The lowest BCUT2D eigenvalue weighted by Crippen LogP contribution is -2.29. The molecule has 43 heavy (non-hydrogen) atoms. The number of fused-ring (bicyclic) bond motifs is 6. The van der Waals surface area contributed by atoms with Crippen molar-refractivity contribution < 1.29 is 8.78 Å². The maximum absolute atomic E-state index is 16.1. The van der Waals surface area contributed by atoms with E-state index >= 15 is 8.78 Å². The minimum Gasteiger partial charge on any atom is -0.341 e. The fourth-order valence-corrected chi connectivity index (χ4v) is 8.42. The summed E-state index contributed by atoms with van der Waals surface area (Å²) in [7, 11) is 0. The summed E-state index contributed by atoms with van der Waals surface area (Å²) in [6, 6.07) is 18.0. The van der Waals surface area contributed by atoms with Crippen molar-refractivity contribution in [1.29, 1.82) is 0 Å². The maximum Gasteiger partial charge on any atom is 0.299 e. The summed E-state index contributed by atoms with van der Waals surface area (Å²) < 4.78 is 32.2. The summed E-state index contributed by atoms with van der Waals surface area (Å²) in [4.78, 5) is 16.4. The van der Waals surface area contributed by atoms with Gasteiger partial charge in [0.1, 0.15) is 11.6 Å². The third kappa shape index (κ3) is 3.63. The van der Waals surface area contributed by atoms with Gasteiger partial charge in [-0.1, -0.05) is 30.3 Å². The molecule has 0 radical (unpaired) electrons. The molecule has 2 aliphatic heterocycles. The van der Waals surface area contributed by atoms with Crippen LogP contribution in [0.4, 0.5) is 8.78 Å². The number of piperidine rings is 1. The van der Waals surface area contributed by atoms with E-state index in [4.69, 9.17) is 4.98 Å². The van der Waals surface area contributed by atoms with Gasteiger partial charge >= 0.3 is 0 Å². The first-order valence-corrected chi connectivity index (χ1v) is 15.6. The Morgan fingerprint density at radius 2 is 1.58 bits per heavy atom. The van der Waals surface area contributed by atoms with E-state index in [1.54, 1.807) is 18.3 Å². The maximum atomic E-state index is 16.1. The number of benzene rings is 3. The van der Waals surface area contributed by atoms with Gasteiger partial charge in [0, 0.05) is 29.3 Å². The zero-order valence-electron chi connectivity index (χ0n) is 23.7. The highest BCUT2D eigenvalue weighted by Gasteiger charge is 2.49. The van der Waals surface area contributed by atoms with Crippen LogP contribution >= 0.6 is 0 Å². The molecule has 1 spiro atoms. The van der Waals surface area contributed by atoms with Gasteiger partial charge in [0.2, 0.25) is 0 Å². The molecule has 3 unspecified atom stereocenters. The van der Waals surface area contributed by atoms with E-state index in [1.165, 1.54) is 32.1 Å². The number of alkyl halides is 2. The fraction of sp³-hybridized carbons (Fsp3) is 0.371. The molecule has 3 aliphatic carbocycles. The van der Waals surface area contributed by atoms with Gasteiger partial charge in [-0.05, 0) is 96.4 Å². The van der Waals surface area contributed by atoms with Gasteiger partial charge in [-0.2, -0.15) is 8.78 Å². The van der Waals surface area contributed by atoms with Crippen molar-refractivity contribution in [3.05, 3.63) is 83.6 Å². The molecule has 5 aliphatic rings. The Kier molecular flexibility index (Phi) is 4.79. The molecule has 4 N–H and O–H groups in total. The van der Waals surface area contributed by atoms with Crippen molar-refractivity contribution >= 4 is 11.0 Å². The number of H-pyrrole nitrogens is 2. The molecular weight excluding hydrogens is 542 g/mol. The molecule has 8 heteroatoms. The Morgan fingerprint density at radius 3 is 2.33 bits per heavy atom. The third-order valence-electron chi connectivity index (χ3n) is 11.0. The smallest absolute Gasteiger partial charge is 0.299 e. The van der Waals surface area contributed by atoms with Gasteiger partial charge in [-0.15, -0.1) is 0 Å². The number of hydrogen-bond acceptors (Lipinski definition) is 4. The topological polar surface area (TPSA) is 81.4 Å². The Morgan fingerprint density at radius 1 is 0.814 bits per heavy atom. The second kappa shape index (κ2) is 8.39. The molecule has 3 aromatic carbocycles. The molecule has 10 rings (SSSR count). The first-order chi connectivity index (χ1) is 20.9. The fourth-order valence-electron chi connectivity index (χ4n) is 8.42. The van der Waals surface area contributed by atoms with Crippen LogP contribution in [-0.2, 0) is 5.92 Å². The van der Waals surface area contributed by atoms with Crippen molar-refractivity contribution in [2.75, 3.05) is 6.54 Å². The molecule has 2 aromatic heterocycles. The Bertz CT molecular complexity index is 1950. The van der Waals surface area contributed by atoms with Crippen LogP contribution in [0.25, 0.3) is 44.5 Å². The second-order valence-electron chi connectivity index (χ2n) is 13.7. The SMILES string of the molecule is FC1(F)c2cc(-c3ccc4nc(C5NC6CCC5C6)[nH]c4c3)ccc2-c2ccc(-c3cnc([C@@H]4CC5(CC5)CN4)[nH]3)cc21. The van der Waals surface area contributed by atoms with Gasteiger partial charge in [0.15, 0.2) is 0 Å². The normalized spacial score (nSPS) is 27.3. The van der Waals surface area contributed by atoms with Crippen LogP contribution in [0, 0.1) is 11.3 Å². The number of nitrogens with zero attached hydrogens (tertiary/aromatic N) is 2. The van der Waals surface area contributed by atoms with Crippen LogP contribution in [0.15, 0.2) is 60.8 Å². The van der Waals surface area contributed by atoms with Crippen LogP contribution in [-0.4, -0.2) is 32.5 Å². The average molecular weight is 575 g/mol. The molecule has 0 amide bonds. The van der Waals surface area contributed by atoms with E-state index in [9.17, 15) is 0 Å². The van der Waals surface area contributed by atoms with Crippen molar-refractivity contribution in [3.8, 4) is 33.5 Å². The van der Waals surface area contributed by atoms with Gasteiger partial charge in [-0.3, -0.25) is 0 Å². The van der Waals surface area contributed by atoms with Crippen molar-refractivity contribution in [1.82, 2.24) is 30.6 Å². The standard InChI is InChI=1S/C35H32F2N6/c36-35(37)25-12-18(19-4-8-27-28(14-19)42-33(41-27)31-21-1-5-22(11-21)40-31)2-6-23(25)24-7-3-20(13-26(24)35)30-16-38-32(43-30)29-15-34(9-10-34)17-39-29/h2-4,6-8,12-14,16,21-22,29,31,39-40H,1,5,9-11,15,17H2,(H,38,43)(H,41,42)/t21?,22?,29-,31?/m0/s1. The summed E-state index contributed by atoms with van der Waals surface area (Å²) >= 11 is 0. The lowest BCUT2D eigenvalue weighted by atomic mass is 9.98. The van der Waals surface area contributed by atoms with E-state index in [-0.39, 0.29) is 23.2 Å². The first-order valence-electron chi connectivity index (χ1n) is 15.6. The number of imidazole rings is 2. The van der Waals surface area contributed by atoms with Gasteiger partial charge in [-0.25, -0.2) is 9.97 Å². The summed E-state index contributed by atoms with van der Waals surface area (Å²) in [5, 5.41) is 7.29. The summed E-state index contributed by atoms with van der Waals surface area (Å²) in [6.45, 7) is 1.04. The number of nitrogens with one attached hydrogen (secondary N) is 4. The van der Waals surface area contributed by atoms with E-state index in [2.05, 4.69) is 25.6 Å². The molecule has 6 nitrogen and oxygen atoms in total. The van der Waals surface area contributed by atoms with E-state index in [0.29, 0.717) is 28.5 Å². The largest absolute Gasteiger partial charge is 0.341 e. The lowest BCUT2D eigenvalue weighted by Gasteiger charge is -2.20. The van der Waals surface area contributed by atoms with Crippen LogP contribution in [0.3, 0.4) is 0 Å². The number of hydrogen-bond donors (Lipinski definition) is 4. The Balaban J connectivity index is 0.956. The average Bonchev–Trinajstić information content (AvgIpc) is 3.68. The van der Waals surface area contributed by atoms with Crippen LogP contribution < -0.4 is 10.6 Å². The molecule has 2 saturated heterocycles. The predicted molar refractivity (Wildman–Crippen MR) is 162 cm³/mol. The summed E-state index contributed by atoms with van der Waals surface area (Å²) in [6.07, 6.45) is 9.16. The molecule has 5 aromatic rings. The summed E-state index contributed by atoms with van der Waals surface area (Å²) in [5.41, 5.74) is 6.79. The number of aromatic nitrogens is 4. The lowest BCUT2D eigenvalue weighted by molar-refractivity contribution is 0.0481. The van der Waals surface area contributed by atoms with Crippen LogP contribution in [0.1, 0.15) is 73.4 Å². The highest BCUT2D eigenvalue weighted by Crippen LogP contribution is 2.55. The molecule has 216 valence electrons. The zero-order chi connectivity index (χ0) is 28.5.